The average molecular weight is 354 g/mol. The fourth-order valence-corrected chi connectivity index (χ4v) is 3.77. The molecule has 1 fully saturated rings. The molecule has 0 saturated heterocycles. The number of carbonyl (C=O) groups is 2. The molecule has 0 aromatic rings. The molecule has 0 spiro atoms. The number of esters is 1. The molecule has 1 heterocycles. The molecule has 2 aliphatic rings. The van der Waals surface area contributed by atoms with Crippen LogP contribution in [0.2, 0.25) is 0 Å². The summed E-state index contributed by atoms with van der Waals surface area (Å²) in [5.41, 5.74) is 0.352. The van der Waals surface area contributed by atoms with Gasteiger partial charge in [-0.05, 0) is 40.0 Å². The second kappa shape index (κ2) is 7.62. The van der Waals surface area contributed by atoms with Crippen molar-refractivity contribution in [1.29, 1.82) is 0 Å². The summed E-state index contributed by atoms with van der Waals surface area (Å²) in [6, 6.07) is -0.259. The number of ether oxygens (including phenoxy) is 2. The van der Waals surface area contributed by atoms with Gasteiger partial charge in [-0.25, -0.2) is 4.79 Å². The Morgan fingerprint density at radius 2 is 1.96 bits per heavy atom. The number of amides is 1. The first-order valence-electron chi connectivity index (χ1n) is 9.02. The summed E-state index contributed by atoms with van der Waals surface area (Å²) >= 11 is 0. The van der Waals surface area contributed by atoms with Crippen LogP contribution in [-0.2, 0) is 19.1 Å². The zero-order valence-corrected chi connectivity index (χ0v) is 16.0. The van der Waals surface area contributed by atoms with Crippen LogP contribution in [0.25, 0.3) is 0 Å². The quantitative estimate of drug-likeness (QED) is 0.767. The van der Waals surface area contributed by atoms with Crippen LogP contribution in [0.15, 0.2) is 5.16 Å². The summed E-state index contributed by atoms with van der Waals surface area (Å²) in [6.45, 7) is 9.66. The van der Waals surface area contributed by atoms with E-state index in [1.165, 1.54) is 7.11 Å². The van der Waals surface area contributed by atoms with Crippen molar-refractivity contribution in [2.75, 3.05) is 7.11 Å². The molecule has 0 bridgehead atoms. The molecule has 2 rings (SSSR count). The summed E-state index contributed by atoms with van der Waals surface area (Å²) in [6.07, 6.45) is 1.45. The Hall–Kier alpha value is -1.79. The van der Waals surface area contributed by atoms with Gasteiger partial charge in [-0.15, -0.1) is 0 Å². The number of methoxy groups -OCH3 is 1. The van der Waals surface area contributed by atoms with Gasteiger partial charge in [-0.3, -0.25) is 4.79 Å². The standard InChI is InChI=1S/C18H30N2O5/c1-7-10(8-2)14-13-12(19-17(22)24-18(3,4)5)9-11(16(21)23-6)15(13)25-20-14/h10-13,15H,7-9H2,1-6H3,(H,19,22)/t11-,12+,13+,15?/m0/s1. The summed E-state index contributed by atoms with van der Waals surface area (Å²) < 4.78 is 10.3. The van der Waals surface area contributed by atoms with E-state index in [2.05, 4.69) is 24.3 Å². The molecule has 7 heteroatoms. The lowest BCUT2D eigenvalue weighted by Gasteiger charge is -2.25. The van der Waals surface area contributed by atoms with Crippen LogP contribution in [0.5, 0.6) is 0 Å². The van der Waals surface area contributed by atoms with Gasteiger partial charge in [0.1, 0.15) is 5.60 Å². The summed E-state index contributed by atoms with van der Waals surface area (Å²) in [4.78, 5) is 30.0. The second-order valence-electron chi connectivity index (χ2n) is 7.74. The zero-order valence-electron chi connectivity index (χ0n) is 16.0. The first-order chi connectivity index (χ1) is 11.7. The molecule has 1 amide bonds. The minimum Gasteiger partial charge on any atom is -0.469 e. The highest BCUT2D eigenvalue weighted by atomic mass is 16.6. The number of rotatable bonds is 5. The van der Waals surface area contributed by atoms with E-state index in [0.717, 1.165) is 18.6 Å². The Kier molecular flexibility index (Phi) is 5.95. The molecule has 1 aliphatic carbocycles. The fourth-order valence-electron chi connectivity index (χ4n) is 3.77. The fraction of sp³-hybridized carbons (Fsp3) is 0.833. The third-order valence-corrected chi connectivity index (χ3v) is 4.92. The molecule has 0 radical (unpaired) electrons. The maximum absolute atomic E-state index is 12.2. The van der Waals surface area contributed by atoms with E-state index in [9.17, 15) is 9.59 Å². The highest BCUT2D eigenvalue weighted by molar-refractivity contribution is 5.93. The van der Waals surface area contributed by atoms with E-state index in [1.54, 1.807) is 0 Å². The van der Waals surface area contributed by atoms with Gasteiger partial charge in [-0.1, -0.05) is 19.0 Å². The van der Waals surface area contributed by atoms with Crippen LogP contribution in [0.4, 0.5) is 4.79 Å². The molecule has 25 heavy (non-hydrogen) atoms. The van der Waals surface area contributed by atoms with Crippen molar-refractivity contribution in [1.82, 2.24) is 5.32 Å². The largest absolute Gasteiger partial charge is 0.469 e. The van der Waals surface area contributed by atoms with Crippen molar-refractivity contribution in [2.24, 2.45) is 22.9 Å². The topological polar surface area (TPSA) is 86.2 Å². The predicted molar refractivity (Wildman–Crippen MR) is 93.2 cm³/mol. The number of fused-ring (bicyclic) bond motifs is 1. The van der Waals surface area contributed by atoms with Crippen molar-refractivity contribution in [3.63, 3.8) is 0 Å². The third kappa shape index (κ3) is 4.25. The molecule has 1 saturated carbocycles. The lowest BCUT2D eigenvalue weighted by molar-refractivity contribution is -0.149. The van der Waals surface area contributed by atoms with Gasteiger partial charge in [-0.2, -0.15) is 0 Å². The molecule has 1 aliphatic heterocycles. The minimum absolute atomic E-state index is 0.124. The Labute approximate surface area is 149 Å². The second-order valence-corrected chi connectivity index (χ2v) is 7.74. The van der Waals surface area contributed by atoms with Crippen molar-refractivity contribution in [3.05, 3.63) is 0 Å². The molecule has 0 aromatic carbocycles. The smallest absolute Gasteiger partial charge is 0.407 e. The van der Waals surface area contributed by atoms with Crippen LogP contribution in [0, 0.1) is 17.8 Å². The van der Waals surface area contributed by atoms with Crippen molar-refractivity contribution in [2.45, 2.75) is 71.6 Å². The van der Waals surface area contributed by atoms with Gasteiger partial charge in [0.2, 0.25) is 0 Å². The van der Waals surface area contributed by atoms with Crippen molar-refractivity contribution < 1.29 is 23.9 Å². The monoisotopic (exact) mass is 354 g/mol. The van der Waals surface area contributed by atoms with Gasteiger partial charge >= 0.3 is 12.1 Å². The summed E-state index contributed by atoms with van der Waals surface area (Å²) in [5.74, 6) is -0.620. The number of nitrogens with one attached hydrogen (secondary N) is 1. The number of carbonyl (C=O) groups excluding carboxylic acids is 2. The Balaban J connectivity index is 2.20. The molecule has 4 atom stereocenters. The van der Waals surface area contributed by atoms with Gasteiger partial charge in [0, 0.05) is 12.0 Å². The van der Waals surface area contributed by atoms with Crippen LogP contribution < -0.4 is 5.32 Å². The van der Waals surface area contributed by atoms with Crippen LogP contribution in [0.3, 0.4) is 0 Å². The van der Waals surface area contributed by atoms with E-state index in [0.29, 0.717) is 6.42 Å². The first kappa shape index (κ1) is 19.5. The number of hydrogen-bond acceptors (Lipinski definition) is 6. The van der Waals surface area contributed by atoms with E-state index in [-0.39, 0.29) is 30.0 Å². The van der Waals surface area contributed by atoms with E-state index in [1.807, 2.05) is 20.8 Å². The normalized spacial score (nSPS) is 28.2. The lowest BCUT2D eigenvalue weighted by atomic mass is 9.84. The molecule has 7 nitrogen and oxygen atoms in total. The van der Waals surface area contributed by atoms with Gasteiger partial charge in [0.25, 0.3) is 0 Å². The predicted octanol–water partition coefficient (Wildman–Crippen LogP) is 2.88. The zero-order chi connectivity index (χ0) is 18.8. The third-order valence-electron chi connectivity index (χ3n) is 4.92. The maximum atomic E-state index is 12.2. The van der Waals surface area contributed by atoms with Crippen molar-refractivity contribution >= 4 is 17.8 Å². The van der Waals surface area contributed by atoms with Crippen LogP contribution in [0.1, 0.15) is 53.9 Å². The SMILES string of the molecule is CCC(CC)C1=NOC2[C@@H](C(=O)OC)C[C@@H](NC(=O)OC(C)(C)C)[C@H]12. The summed E-state index contributed by atoms with van der Waals surface area (Å²) in [5, 5.41) is 7.20. The Morgan fingerprint density at radius 1 is 1.32 bits per heavy atom. The highest BCUT2D eigenvalue weighted by Crippen LogP contribution is 2.42. The molecule has 142 valence electrons. The number of nitrogens with zero attached hydrogens (tertiary/aromatic N) is 1. The van der Waals surface area contributed by atoms with Gasteiger partial charge in [0.15, 0.2) is 6.10 Å². The minimum atomic E-state index is -0.581. The maximum Gasteiger partial charge on any atom is 0.407 e. The average Bonchev–Trinajstić information content (AvgIpc) is 3.08. The molecular formula is C18H30N2O5. The van der Waals surface area contributed by atoms with E-state index >= 15 is 0 Å². The Bertz CT molecular complexity index is 536. The first-order valence-corrected chi connectivity index (χ1v) is 9.02. The van der Waals surface area contributed by atoms with Gasteiger partial charge < -0.3 is 19.6 Å². The summed E-state index contributed by atoms with van der Waals surface area (Å²) in [7, 11) is 1.36. The highest BCUT2D eigenvalue weighted by Gasteiger charge is 2.55. The van der Waals surface area contributed by atoms with Crippen molar-refractivity contribution in [3.8, 4) is 0 Å². The molecular weight excluding hydrogens is 324 g/mol. The molecule has 1 N–H and O–H groups in total. The van der Waals surface area contributed by atoms with Crippen LogP contribution >= 0.6 is 0 Å². The van der Waals surface area contributed by atoms with Crippen LogP contribution in [-0.4, -0.2) is 42.6 Å². The number of alkyl carbamates (subject to hydrolysis) is 1. The van der Waals surface area contributed by atoms with E-state index < -0.39 is 17.6 Å². The Morgan fingerprint density at radius 3 is 2.48 bits per heavy atom. The van der Waals surface area contributed by atoms with E-state index in [4.69, 9.17) is 14.3 Å². The molecule has 0 aromatic heterocycles. The lowest BCUT2D eigenvalue weighted by Crippen LogP contribution is -2.45. The molecule has 1 unspecified atom stereocenters. The van der Waals surface area contributed by atoms with Gasteiger partial charge in [0.05, 0.1) is 24.7 Å². The number of oxime groups is 1. The number of hydrogen-bond donors (Lipinski definition) is 1.